The number of nitrogens with one attached hydrogen (secondary N) is 1. The van der Waals surface area contributed by atoms with Gasteiger partial charge in [-0.1, -0.05) is 25.5 Å². The topological polar surface area (TPSA) is 12.0 Å². The van der Waals surface area contributed by atoms with Crippen LogP contribution in [0.2, 0.25) is 0 Å². The van der Waals surface area contributed by atoms with Crippen LogP contribution < -0.4 is 5.32 Å². The third kappa shape index (κ3) is 5.87. The molecule has 0 aliphatic rings. The zero-order valence-electron chi connectivity index (χ0n) is 11.4. The van der Waals surface area contributed by atoms with E-state index in [1.54, 1.807) is 0 Å². The van der Waals surface area contributed by atoms with Crippen molar-refractivity contribution in [1.29, 1.82) is 0 Å². The Kier molecular flexibility index (Phi) is 8.10. The van der Waals surface area contributed by atoms with Crippen LogP contribution in [0.15, 0.2) is 29.2 Å². The molecule has 0 spiro atoms. The van der Waals surface area contributed by atoms with Crippen molar-refractivity contribution in [3.05, 3.63) is 29.8 Å². The van der Waals surface area contributed by atoms with Crippen molar-refractivity contribution in [1.82, 2.24) is 5.32 Å². The molecule has 0 saturated heterocycles. The Morgan fingerprint density at radius 1 is 1.28 bits per heavy atom. The van der Waals surface area contributed by atoms with E-state index in [1.165, 1.54) is 10.5 Å². The highest BCUT2D eigenvalue weighted by molar-refractivity contribution is 7.99. The van der Waals surface area contributed by atoms with E-state index in [1.807, 2.05) is 11.8 Å². The lowest BCUT2D eigenvalue weighted by Gasteiger charge is -2.13. The fraction of sp³-hybridized carbons (Fsp3) is 0.600. The third-order valence-electron chi connectivity index (χ3n) is 2.92. The summed E-state index contributed by atoms with van der Waals surface area (Å²) >= 11 is 1.87. The number of thioether (sulfide) groups is 1. The van der Waals surface area contributed by atoms with Crippen LogP contribution in [0.1, 0.15) is 44.7 Å². The zero-order chi connectivity index (χ0) is 13.2. The number of hydrogen-bond acceptors (Lipinski definition) is 2. The Morgan fingerprint density at radius 2 is 2.11 bits per heavy atom. The average molecular weight is 269 g/mol. The van der Waals surface area contributed by atoms with E-state index in [2.05, 4.69) is 43.4 Å². The van der Waals surface area contributed by atoms with Gasteiger partial charge in [-0.3, -0.25) is 4.39 Å². The average Bonchev–Trinajstić information content (AvgIpc) is 2.39. The minimum absolute atomic E-state index is 0.180. The normalized spacial score (nSPS) is 12.6. The van der Waals surface area contributed by atoms with Crippen LogP contribution in [0.5, 0.6) is 0 Å². The van der Waals surface area contributed by atoms with Crippen LogP contribution in [0, 0.1) is 0 Å². The van der Waals surface area contributed by atoms with E-state index in [4.69, 9.17) is 0 Å². The lowest BCUT2D eigenvalue weighted by molar-refractivity contribution is 0.460. The molecule has 0 radical (unpaired) electrons. The van der Waals surface area contributed by atoms with E-state index < -0.39 is 0 Å². The molecule has 0 aliphatic heterocycles. The number of benzene rings is 1. The quantitative estimate of drug-likeness (QED) is 0.520. The summed E-state index contributed by atoms with van der Waals surface area (Å²) < 4.78 is 11.9. The minimum Gasteiger partial charge on any atom is -0.310 e. The van der Waals surface area contributed by atoms with Crippen molar-refractivity contribution >= 4 is 11.8 Å². The molecule has 0 saturated carbocycles. The summed E-state index contributed by atoms with van der Waals surface area (Å²) in [6.07, 6.45) is 2.80. The molecular weight excluding hydrogens is 245 g/mol. The highest BCUT2D eigenvalue weighted by Crippen LogP contribution is 2.23. The van der Waals surface area contributed by atoms with Crippen molar-refractivity contribution < 1.29 is 4.39 Å². The van der Waals surface area contributed by atoms with Gasteiger partial charge in [-0.2, -0.15) is 0 Å². The monoisotopic (exact) mass is 269 g/mol. The molecule has 1 atom stereocenters. The summed E-state index contributed by atoms with van der Waals surface area (Å²) in [5, 5.41) is 3.42. The molecule has 0 amide bonds. The highest BCUT2D eigenvalue weighted by Gasteiger charge is 2.04. The van der Waals surface area contributed by atoms with E-state index >= 15 is 0 Å². The summed E-state index contributed by atoms with van der Waals surface area (Å²) in [6, 6.07) is 9.10. The van der Waals surface area contributed by atoms with Gasteiger partial charge in [0.1, 0.15) is 0 Å². The predicted octanol–water partition coefficient (Wildman–Crippen LogP) is 4.59. The molecule has 18 heavy (non-hydrogen) atoms. The minimum atomic E-state index is -0.180. The Balaban J connectivity index is 2.39. The van der Waals surface area contributed by atoms with Crippen molar-refractivity contribution in [3.8, 4) is 0 Å². The first kappa shape index (κ1) is 15.5. The third-order valence-corrected chi connectivity index (χ3v) is 4.00. The molecular formula is C15H24FNS. The van der Waals surface area contributed by atoms with E-state index in [9.17, 15) is 4.39 Å². The Labute approximate surface area is 115 Å². The zero-order valence-corrected chi connectivity index (χ0v) is 12.2. The van der Waals surface area contributed by atoms with Gasteiger partial charge in [0, 0.05) is 10.9 Å². The maximum Gasteiger partial charge on any atom is 0.0894 e. The van der Waals surface area contributed by atoms with E-state index in [-0.39, 0.29) is 6.67 Å². The molecule has 0 aromatic heterocycles. The first-order chi connectivity index (χ1) is 8.77. The molecule has 0 fully saturated rings. The smallest absolute Gasteiger partial charge is 0.0894 e. The van der Waals surface area contributed by atoms with Crippen LogP contribution in [0.4, 0.5) is 4.39 Å². The molecule has 0 bridgehead atoms. The molecule has 1 nitrogen and oxygen atoms in total. The van der Waals surface area contributed by atoms with Crippen molar-refractivity contribution in [3.63, 3.8) is 0 Å². The van der Waals surface area contributed by atoms with Gasteiger partial charge in [0.25, 0.3) is 0 Å². The summed E-state index contributed by atoms with van der Waals surface area (Å²) in [4.78, 5) is 1.32. The molecule has 102 valence electrons. The maximum absolute atomic E-state index is 11.9. The van der Waals surface area contributed by atoms with Gasteiger partial charge in [-0.25, -0.2) is 0 Å². The number of alkyl halides is 1. The second-order valence-electron chi connectivity index (χ2n) is 4.45. The van der Waals surface area contributed by atoms with Crippen molar-refractivity contribution in [2.24, 2.45) is 0 Å². The molecule has 1 N–H and O–H groups in total. The van der Waals surface area contributed by atoms with Gasteiger partial charge < -0.3 is 5.32 Å². The van der Waals surface area contributed by atoms with Crippen LogP contribution in [-0.2, 0) is 0 Å². The standard InChI is InChI=1S/C15H24FNS/c1-3-17-13(2)14-8-7-9-15(12-14)18-11-6-4-5-10-16/h7-9,12-13,17H,3-6,10-11H2,1-2H3. The first-order valence-corrected chi connectivity index (χ1v) is 7.78. The predicted molar refractivity (Wildman–Crippen MR) is 79.1 cm³/mol. The van der Waals surface area contributed by atoms with Gasteiger partial charge in [-0.15, -0.1) is 11.8 Å². The van der Waals surface area contributed by atoms with Crippen LogP contribution >= 0.6 is 11.8 Å². The molecule has 1 aromatic rings. The fourth-order valence-corrected chi connectivity index (χ4v) is 2.84. The van der Waals surface area contributed by atoms with Gasteiger partial charge in [-0.05, 0) is 49.8 Å². The second kappa shape index (κ2) is 9.40. The second-order valence-corrected chi connectivity index (χ2v) is 5.62. The number of hydrogen-bond donors (Lipinski definition) is 1. The molecule has 1 unspecified atom stereocenters. The van der Waals surface area contributed by atoms with Crippen LogP contribution in [0.3, 0.4) is 0 Å². The Hall–Kier alpha value is -0.540. The largest absolute Gasteiger partial charge is 0.310 e. The fourth-order valence-electron chi connectivity index (χ4n) is 1.86. The highest BCUT2D eigenvalue weighted by atomic mass is 32.2. The molecule has 1 aromatic carbocycles. The number of halogens is 1. The summed E-state index contributed by atoms with van der Waals surface area (Å²) in [7, 11) is 0. The van der Waals surface area contributed by atoms with E-state index in [0.29, 0.717) is 12.5 Å². The van der Waals surface area contributed by atoms with Crippen LogP contribution in [-0.4, -0.2) is 19.0 Å². The van der Waals surface area contributed by atoms with Crippen LogP contribution in [0.25, 0.3) is 0 Å². The Morgan fingerprint density at radius 3 is 2.83 bits per heavy atom. The Bertz CT molecular complexity index is 330. The summed E-state index contributed by atoms with van der Waals surface area (Å²) in [5.74, 6) is 1.08. The molecule has 3 heteroatoms. The first-order valence-electron chi connectivity index (χ1n) is 6.80. The number of unbranched alkanes of at least 4 members (excludes halogenated alkanes) is 2. The lowest BCUT2D eigenvalue weighted by atomic mass is 10.1. The van der Waals surface area contributed by atoms with Gasteiger partial charge in [0.2, 0.25) is 0 Å². The molecule has 1 rings (SSSR count). The van der Waals surface area contributed by atoms with Crippen molar-refractivity contribution in [2.75, 3.05) is 19.0 Å². The summed E-state index contributed by atoms with van der Waals surface area (Å²) in [5.41, 5.74) is 1.34. The van der Waals surface area contributed by atoms with Gasteiger partial charge in [0.05, 0.1) is 6.67 Å². The molecule has 0 heterocycles. The van der Waals surface area contributed by atoms with Gasteiger partial charge >= 0.3 is 0 Å². The SMILES string of the molecule is CCNC(C)c1cccc(SCCCCCF)c1. The summed E-state index contributed by atoms with van der Waals surface area (Å²) in [6.45, 7) is 5.12. The number of rotatable bonds is 9. The van der Waals surface area contributed by atoms with Gasteiger partial charge in [0.15, 0.2) is 0 Å². The van der Waals surface area contributed by atoms with E-state index in [0.717, 1.165) is 25.1 Å². The maximum atomic E-state index is 11.9. The lowest BCUT2D eigenvalue weighted by Crippen LogP contribution is -2.17. The van der Waals surface area contributed by atoms with Crippen molar-refractivity contribution in [2.45, 2.75) is 44.0 Å². The molecule has 0 aliphatic carbocycles.